The Labute approximate surface area is 350 Å². The van der Waals surface area contributed by atoms with Crippen molar-refractivity contribution in [2.24, 2.45) is 0 Å². The molecule has 60 heavy (non-hydrogen) atoms. The molecular formula is C58H41NO. The highest BCUT2D eigenvalue weighted by molar-refractivity contribution is 6.09. The van der Waals surface area contributed by atoms with E-state index < -0.39 is 5.41 Å². The first kappa shape index (κ1) is 34.6. The zero-order valence-electron chi connectivity index (χ0n) is 33.6. The van der Waals surface area contributed by atoms with Gasteiger partial charge in [-0.1, -0.05) is 184 Å². The lowest BCUT2D eigenvalue weighted by molar-refractivity contribution is 0.660. The Morgan fingerprint density at radius 3 is 1.65 bits per heavy atom. The van der Waals surface area contributed by atoms with Crippen molar-refractivity contribution < 1.29 is 4.42 Å². The quantitative estimate of drug-likeness (QED) is 0.168. The van der Waals surface area contributed by atoms with Crippen LogP contribution in [0.1, 0.15) is 47.2 Å². The van der Waals surface area contributed by atoms with Crippen molar-refractivity contribution in [1.29, 1.82) is 0 Å². The molecule has 0 amide bonds. The van der Waals surface area contributed by atoms with Crippen LogP contribution in [0.25, 0.3) is 55.3 Å². The number of fused-ring (bicyclic) bond motifs is 9. The molecule has 12 rings (SSSR count). The molecule has 2 heteroatoms. The van der Waals surface area contributed by atoms with Gasteiger partial charge in [0.25, 0.3) is 0 Å². The Morgan fingerprint density at radius 2 is 0.900 bits per heavy atom. The molecule has 0 aliphatic heterocycles. The molecule has 0 unspecified atom stereocenters. The van der Waals surface area contributed by atoms with Crippen molar-refractivity contribution in [2.45, 2.75) is 24.7 Å². The van der Waals surface area contributed by atoms with Gasteiger partial charge in [-0.25, -0.2) is 0 Å². The fraction of sp³-hybridized carbons (Fsp3) is 0.0690. The summed E-state index contributed by atoms with van der Waals surface area (Å²) >= 11 is 0. The molecule has 284 valence electrons. The summed E-state index contributed by atoms with van der Waals surface area (Å²) in [7, 11) is 0. The van der Waals surface area contributed by atoms with Crippen molar-refractivity contribution in [3.05, 3.63) is 246 Å². The van der Waals surface area contributed by atoms with Gasteiger partial charge in [0.1, 0.15) is 11.2 Å². The van der Waals surface area contributed by atoms with Crippen LogP contribution in [0.15, 0.2) is 217 Å². The SMILES string of the molecule is CC1(C)c2ccccc2-c2ccc(N(c3ccc(-c4cccc5c4oc4ccccc45)cc3)c3cccc(C4(c5ccccc5)c5ccccc5-c5ccccc54)c3)cc21. The van der Waals surface area contributed by atoms with E-state index in [2.05, 4.69) is 225 Å². The fourth-order valence-electron chi connectivity index (χ4n) is 10.6. The van der Waals surface area contributed by atoms with Crippen molar-refractivity contribution >= 4 is 39.0 Å². The third-order valence-electron chi connectivity index (χ3n) is 13.4. The molecule has 0 spiro atoms. The lowest BCUT2D eigenvalue weighted by atomic mass is 9.67. The van der Waals surface area contributed by atoms with Crippen molar-refractivity contribution in [3.8, 4) is 33.4 Å². The Hall–Kier alpha value is -7.42. The number of furan rings is 1. The summed E-state index contributed by atoms with van der Waals surface area (Å²) in [6, 6.07) is 78.0. The Balaban J connectivity index is 1.06. The average molecular weight is 768 g/mol. The van der Waals surface area contributed by atoms with Gasteiger partial charge in [-0.2, -0.15) is 0 Å². The van der Waals surface area contributed by atoms with Crippen LogP contribution in [0.5, 0.6) is 0 Å². The van der Waals surface area contributed by atoms with E-state index in [9.17, 15) is 0 Å². The molecule has 10 aromatic rings. The van der Waals surface area contributed by atoms with E-state index in [0.29, 0.717) is 0 Å². The first-order valence-corrected chi connectivity index (χ1v) is 20.9. The normalized spacial score (nSPS) is 14.1. The van der Waals surface area contributed by atoms with Gasteiger partial charge < -0.3 is 9.32 Å². The van der Waals surface area contributed by atoms with E-state index in [4.69, 9.17) is 4.42 Å². The molecule has 0 radical (unpaired) electrons. The minimum Gasteiger partial charge on any atom is -0.455 e. The molecule has 0 bridgehead atoms. The van der Waals surface area contributed by atoms with E-state index in [0.717, 1.165) is 50.1 Å². The predicted molar refractivity (Wildman–Crippen MR) is 249 cm³/mol. The molecule has 0 fully saturated rings. The summed E-state index contributed by atoms with van der Waals surface area (Å²) in [5, 5.41) is 2.27. The van der Waals surface area contributed by atoms with E-state index in [-0.39, 0.29) is 5.41 Å². The second kappa shape index (κ2) is 13.0. The predicted octanol–water partition coefficient (Wildman–Crippen LogP) is 15.4. The van der Waals surface area contributed by atoms with Gasteiger partial charge in [-0.15, -0.1) is 0 Å². The summed E-state index contributed by atoms with van der Waals surface area (Å²) in [5.41, 5.74) is 19.7. The maximum atomic E-state index is 6.49. The monoisotopic (exact) mass is 767 g/mol. The van der Waals surface area contributed by atoms with Crippen LogP contribution in [0, 0.1) is 0 Å². The van der Waals surface area contributed by atoms with Crippen LogP contribution in [0.3, 0.4) is 0 Å². The molecule has 2 aliphatic carbocycles. The maximum absolute atomic E-state index is 6.49. The van der Waals surface area contributed by atoms with E-state index in [1.807, 2.05) is 6.07 Å². The summed E-state index contributed by atoms with van der Waals surface area (Å²) in [5.74, 6) is 0. The fourth-order valence-corrected chi connectivity index (χ4v) is 10.6. The number of benzene rings is 9. The van der Waals surface area contributed by atoms with Crippen molar-refractivity contribution in [3.63, 3.8) is 0 Å². The van der Waals surface area contributed by atoms with Gasteiger partial charge >= 0.3 is 0 Å². The number of anilines is 3. The highest BCUT2D eigenvalue weighted by atomic mass is 16.3. The Bertz CT molecular complexity index is 3250. The zero-order chi connectivity index (χ0) is 40.0. The van der Waals surface area contributed by atoms with Crippen LogP contribution in [-0.4, -0.2) is 0 Å². The number of nitrogens with zero attached hydrogens (tertiary/aromatic N) is 1. The van der Waals surface area contributed by atoms with Gasteiger partial charge in [0.15, 0.2) is 0 Å². The van der Waals surface area contributed by atoms with Crippen LogP contribution in [0.4, 0.5) is 17.1 Å². The second-order valence-corrected chi connectivity index (χ2v) is 16.8. The molecular weight excluding hydrogens is 727 g/mol. The third-order valence-corrected chi connectivity index (χ3v) is 13.4. The number of hydrogen-bond donors (Lipinski definition) is 0. The molecule has 0 saturated heterocycles. The minimum atomic E-state index is -0.507. The molecule has 9 aromatic carbocycles. The summed E-state index contributed by atoms with van der Waals surface area (Å²) in [4.78, 5) is 2.44. The number of hydrogen-bond acceptors (Lipinski definition) is 2. The molecule has 2 nitrogen and oxygen atoms in total. The smallest absolute Gasteiger partial charge is 0.143 e. The molecule has 1 heterocycles. The van der Waals surface area contributed by atoms with E-state index in [1.54, 1.807) is 0 Å². The molecule has 0 saturated carbocycles. The lowest BCUT2D eigenvalue weighted by Crippen LogP contribution is -2.28. The maximum Gasteiger partial charge on any atom is 0.143 e. The summed E-state index contributed by atoms with van der Waals surface area (Å²) in [6.07, 6.45) is 0. The summed E-state index contributed by atoms with van der Waals surface area (Å²) in [6.45, 7) is 4.72. The van der Waals surface area contributed by atoms with Crippen molar-refractivity contribution in [1.82, 2.24) is 0 Å². The van der Waals surface area contributed by atoms with Gasteiger partial charge in [-0.3, -0.25) is 0 Å². The molecule has 1 aromatic heterocycles. The number of rotatable bonds is 6. The minimum absolute atomic E-state index is 0.140. The van der Waals surface area contributed by atoms with Gasteiger partial charge in [0.2, 0.25) is 0 Å². The van der Waals surface area contributed by atoms with E-state index in [1.165, 1.54) is 55.6 Å². The van der Waals surface area contributed by atoms with Gasteiger partial charge in [0.05, 0.1) is 5.41 Å². The Morgan fingerprint density at radius 1 is 0.367 bits per heavy atom. The second-order valence-electron chi connectivity index (χ2n) is 16.8. The number of para-hydroxylation sites is 2. The average Bonchev–Trinajstić information content (AvgIpc) is 3.91. The van der Waals surface area contributed by atoms with Gasteiger partial charge in [-0.05, 0) is 104 Å². The molecule has 2 aliphatic rings. The highest BCUT2D eigenvalue weighted by Gasteiger charge is 2.46. The van der Waals surface area contributed by atoms with Crippen LogP contribution >= 0.6 is 0 Å². The van der Waals surface area contributed by atoms with E-state index >= 15 is 0 Å². The first-order chi connectivity index (χ1) is 29.5. The van der Waals surface area contributed by atoms with Crippen molar-refractivity contribution in [2.75, 3.05) is 4.90 Å². The first-order valence-electron chi connectivity index (χ1n) is 20.9. The largest absolute Gasteiger partial charge is 0.455 e. The summed E-state index contributed by atoms with van der Waals surface area (Å²) < 4.78 is 6.49. The van der Waals surface area contributed by atoms with Gasteiger partial charge in [0, 0.05) is 38.8 Å². The van der Waals surface area contributed by atoms with Crippen LogP contribution < -0.4 is 4.90 Å². The Kier molecular flexibility index (Phi) is 7.52. The molecule has 0 N–H and O–H groups in total. The van der Waals surface area contributed by atoms with Crippen LogP contribution in [0.2, 0.25) is 0 Å². The highest BCUT2D eigenvalue weighted by Crippen LogP contribution is 2.57. The third kappa shape index (κ3) is 4.88. The standard InChI is InChI=1S/C58H41NO/c1-57(2)51-26-10-6-20-45(51)48-35-34-43(37-54(48)57)59(41-32-30-38(31-33-41)44-24-15-25-50-49-23-9-13-29-55(49)60-56(44)50)42-19-14-18-40(36-42)58(39-16-4-3-5-17-39)52-27-11-7-21-46(52)47-22-8-12-28-53(47)58/h3-37H,1-2H3. The lowest BCUT2D eigenvalue weighted by Gasteiger charge is -2.35. The topological polar surface area (TPSA) is 16.4 Å². The van der Waals surface area contributed by atoms with Crippen LogP contribution in [-0.2, 0) is 10.8 Å². The zero-order valence-corrected chi connectivity index (χ0v) is 33.6. The molecule has 0 atom stereocenters.